The van der Waals surface area contributed by atoms with Gasteiger partial charge in [0.2, 0.25) is 0 Å². The highest BCUT2D eigenvalue weighted by atomic mass is 79.9. The molecule has 0 saturated carbocycles. The van der Waals surface area contributed by atoms with Gasteiger partial charge >= 0.3 is 0 Å². The van der Waals surface area contributed by atoms with Crippen molar-refractivity contribution >= 4 is 28.1 Å². The van der Waals surface area contributed by atoms with E-state index in [-0.39, 0.29) is 12.5 Å². The molecule has 0 fully saturated rings. The quantitative estimate of drug-likeness (QED) is 0.821. The average Bonchev–Trinajstić information content (AvgIpc) is 2.34. The molecule has 0 aromatic heterocycles. The first kappa shape index (κ1) is 14.7. The van der Waals surface area contributed by atoms with Crippen molar-refractivity contribution in [2.45, 2.75) is 13.8 Å². The zero-order valence-electron chi connectivity index (χ0n) is 10.4. The van der Waals surface area contributed by atoms with Gasteiger partial charge in [-0.2, -0.15) is 0 Å². The normalized spacial score (nSPS) is 10.2. The molecule has 0 atom stereocenters. The lowest BCUT2D eigenvalue weighted by Gasteiger charge is -2.10. The number of amides is 1. The van der Waals surface area contributed by atoms with Crippen LogP contribution >= 0.6 is 15.9 Å². The molecule has 1 amide bonds. The molecule has 1 aromatic carbocycles. The van der Waals surface area contributed by atoms with Gasteiger partial charge in [0, 0.05) is 12.1 Å². The summed E-state index contributed by atoms with van der Waals surface area (Å²) in [6.07, 6.45) is 0.754. The summed E-state index contributed by atoms with van der Waals surface area (Å²) in [6, 6.07) is 4.94. The number of carbonyl (C=O) groups is 2. The molecular weight excluding hydrogens is 298 g/mol. The van der Waals surface area contributed by atoms with Crippen molar-refractivity contribution in [3.05, 3.63) is 28.2 Å². The Bertz CT molecular complexity index is 432. The van der Waals surface area contributed by atoms with Gasteiger partial charge in [-0.1, -0.05) is 13.8 Å². The highest BCUT2D eigenvalue weighted by Gasteiger charge is 2.06. The van der Waals surface area contributed by atoms with E-state index in [9.17, 15) is 9.59 Å². The van der Waals surface area contributed by atoms with Crippen LogP contribution in [0, 0.1) is 5.92 Å². The van der Waals surface area contributed by atoms with E-state index in [1.807, 2.05) is 13.8 Å². The summed E-state index contributed by atoms with van der Waals surface area (Å²) in [5.74, 6) is 0.794. The molecule has 0 bridgehead atoms. The van der Waals surface area contributed by atoms with Gasteiger partial charge in [-0.05, 0) is 40.0 Å². The van der Waals surface area contributed by atoms with Gasteiger partial charge in [-0.25, -0.2) is 0 Å². The fraction of sp³-hybridized carbons (Fsp3) is 0.385. The van der Waals surface area contributed by atoms with Gasteiger partial charge in [0.1, 0.15) is 12.0 Å². The second-order valence-corrected chi connectivity index (χ2v) is 5.15. The summed E-state index contributed by atoms with van der Waals surface area (Å²) < 4.78 is 6.01. The van der Waals surface area contributed by atoms with Crippen LogP contribution in [0.1, 0.15) is 24.2 Å². The highest BCUT2D eigenvalue weighted by molar-refractivity contribution is 9.10. The topological polar surface area (TPSA) is 55.4 Å². The summed E-state index contributed by atoms with van der Waals surface area (Å²) in [6.45, 7) is 4.64. The monoisotopic (exact) mass is 313 g/mol. The molecule has 1 aromatic rings. The van der Waals surface area contributed by atoms with Crippen LogP contribution in [-0.4, -0.2) is 25.3 Å². The van der Waals surface area contributed by atoms with Gasteiger partial charge in [-0.3, -0.25) is 9.59 Å². The molecule has 0 aliphatic carbocycles. The van der Waals surface area contributed by atoms with E-state index in [1.165, 1.54) is 0 Å². The minimum absolute atomic E-state index is 0.0360. The fourth-order valence-electron chi connectivity index (χ4n) is 1.22. The molecule has 98 valence electrons. The Kier molecular flexibility index (Phi) is 5.85. The van der Waals surface area contributed by atoms with Crippen molar-refractivity contribution < 1.29 is 14.3 Å². The molecular formula is C13H16BrNO3. The first-order valence-corrected chi connectivity index (χ1v) is 6.46. The first-order valence-electron chi connectivity index (χ1n) is 5.67. The second kappa shape index (κ2) is 7.16. The smallest absolute Gasteiger partial charge is 0.257 e. The van der Waals surface area contributed by atoms with E-state index in [1.54, 1.807) is 18.2 Å². The Morgan fingerprint density at radius 1 is 1.50 bits per heavy atom. The molecule has 0 aliphatic rings. The number of hydrogen-bond donors (Lipinski definition) is 1. The summed E-state index contributed by atoms with van der Waals surface area (Å²) in [4.78, 5) is 22.0. The summed E-state index contributed by atoms with van der Waals surface area (Å²) >= 11 is 3.28. The maximum absolute atomic E-state index is 11.4. The van der Waals surface area contributed by atoms with E-state index in [0.29, 0.717) is 28.2 Å². The minimum Gasteiger partial charge on any atom is -0.483 e. The van der Waals surface area contributed by atoms with Crippen LogP contribution in [0.15, 0.2) is 22.7 Å². The van der Waals surface area contributed by atoms with E-state index < -0.39 is 0 Å². The Labute approximate surface area is 115 Å². The average molecular weight is 314 g/mol. The number of nitrogens with one attached hydrogen (secondary N) is 1. The first-order chi connectivity index (χ1) is 8.52. The standard InChI is InChI=1S/C13H16BrNO3/c1-9(2)6-15-13(17)8-18-12-4-3-10(7-16)5-11(12)14/h3-5,7,9H,6,8H2,1-2H3,(H,15,17). The van der Waals surface area contributed by atoms with Crippen LogP contribution in [0.2, 0.25) is 0 Å². The van der Waals surface area contributed by atoms with Gasteiger partial charge in [0.25, 0.3) is 5.91 Å². The number of aldehydes is 1. The zero-order valence-corrected chi connectivity index (χ0v) is 12.0. The van der Waals surface area contributed by atoms with Gasteiger partial charge in [0.15, 0.2) is 6.61 Å². The molecule has 0 unspecified atom stereocenters. The number of hydrogen-bond acceptors (Lipinski definition) is 3. The Hall–Kier alpha value is -1.36. The summed E-state index contributed by atoms with van der Waals surface area (Å²) in [5.41, 5.74) is 0.554. The number of benzene rings is 1. The van der Waals surface area contributed by atoms with Crippen LogP contribution in [-0.2, 0) is 4.79 Å². The molecule has 0 heterocycles. The second-order valence-electron chi connectivity index (χ2n) is 4.29. The molecule has 4 nitrogen and oxygen atoms in total. The van der Waals surface area contributed by atoms with E-state index in [2.05, 4.69) is 21.2 Å². The molecule has 1 N–H and O–H groups in total. The maximum Gasteiger partial charge on any atom is 0.257 e. The van der Waals surface area contributed by atoms with Crippen molar-refractivity contribution in [2.75, 3.05) is 13.2 Å². The third-order valence-electron chi connectivity index (χ3n) is 2.16. The Morgan fingerprint density at radius 2 is 2.22 bits per heavy atom. The SMILES string of the molecule is CC(C)CNC(=O)COc1ccc(C=O)cc1Br. The molecule has 5 heteroatoms. The number of halogens is 1. The van der Waals surface area contributed by atoms with Gasteiger partial charge in [-0.15, -0.1) is 0 Å². The predicted octanol–water partition coefficient (Wildman–Crippen LogP) is 2.41. The molecule has 1 rings (SSSR count). The van der Waals surface area contributed by atoms with Crippen LogP contribution in [0.5, 0.6) is 5.75 Å². The number of carbonyl (C=O) groups excluding carboxylic acids is 2. The lowest BCUT2D eigenvalue weighted by Crippen LogP contribution is -2.31. The largest absolute Gasteiger partial charge is 0.483 e. The Morgan fingerprint density at radius 3 is 2.78 bits per heavy atom. The van der Waals surface area contributed by atoms with Crippen molar-refractivity contribution in [2.24, 2.45) is 5.92 Å². The van der Waals surface area contributed by atoms with Gasteiger partial charge in [0.05, 0.1) is 4.47 Å². The predicted molar refractivity (Wildman–Crippen MR) is 72.9 cm³/mol. The summed E-state index contributed by atoms with van der Waals surface area (Å²) in [5, 5.41) is 2.76. The van der Waals surface area contributed by atoms with Crippen molar-refractivity contribution in [3.8, 4) is 5.75 Å². The lowest BCUT2D eigenvalue weighted by atomic mass is 10.2. The molecule has 0 spiro atoms. The number of ether oxygens (including phenoxy) is 1. The maximum atomic E-state index is 11.4. The van der Waals surface area contributed by atoms with Crippen LogP contribution in [0.3, 0.4) is 0 Å². The van der Waals surface area contributed by atoms with Crippen molar-refractivity contribution in [1.82, 2.24) is 5.32 Å². The molecule has 18 heavy (non-hydrogen) atoms. The van der Waals surface area contributed by atoms with Crippen LogP contribution < -0.4 is 10.1 Å². The van der Waals surface area contributed by atoms with Gasteiger partial charge < -0.3 is 10.1 Å². The molecule has 0 aliphatic heterocycles. The zero-order chi connectivity index (χ0) is 13.5. The molecule has 0 saturated heterocycles. The van der Waals surface area contributed by atoms with Crippen molar-refractivity contribution in [3.63, 3.8) is 0 Å². The Balaban J connectivity index is 2.48. The third kappa shape index (κ3) is 4.87. The van der Waals surface area contributed by atoms with E-state index in [0.717, 1.165) is 6.29 Å². The van der Waals surface area contributed by atoms with E-state index >= 15 is 0 Å². The van der Waals surface area contributed by atoms with Crippen LogP contribution in [0.4, 0.5) is 0 Å². The van der Waals surface area contributed by atoms with Crippen molar-refractivity contribution in [1.29, 1.82) is 0 Å². The third-order valence-corrected chi connectivity index (χ3v) is 2.78. The number of rotatable bonds is 6. The minimum atomic E-state index is -0.157. The lowest BCUT2D eigenvalue weighted by molar-refractivity contribution is -0.123. The van der Waals surface area contributed by atoms with E-state index in [4.69, 9.17) is 4.74 Å². The highest BCUT2D eigenvalue weighted by Crippen LogP contribution is 2.25. The van der Waals surface area contributed by atoms with Crippen LogP contribution in [0.25, 0.3) is 0 Å². The fourth-order valence-corrected chi connectivity index (χ4v) is 1.73. The summed E-state index contributed by atoms with van der Waals surface area (Å²) in [7, 11) is 0. The molecule has 0 radical (unpaired) electrons.